The van der Waals surface area contributed by atoms with Gasteiger partial charge in [-0.3, -0.25) is 14.6 Å². The Kier molecular flexibility index (Phi) is 6.33. The maximum absolute atomic E-state index is 12.4. The van der Waals surface area contributed by atoms with E-state index in [9.17, 15) is 9.59 Å². The van der Waals surface area contributed by atoms with E-state index in [1.165, 1.54) is 25.6 Å². The highest BCUT2D eigenvalue weighted by molar-refractivity contribution is 7.13. The molecule has 0 N–H and O–H groups in total. The van der Waals surface area contributed by atoms with Gasteiger partial charge in [0.1, 0.15) is 16.5 Å². The molecule has 0 aliphatic heterocycles. The first-order valence-corrected chi connectivity index (χ1v) is 9.24. The van der Waals surface area contributed by atoms with Crippen LogP contribution in [0.1, 0.15) is 16.1 Å². The summed E-state index contributed by atoms with van der Waals surface area (Å²) in [6.45, 7) is -0.387. The molecule has 2 heterocycles. The van der Waals surface area contributed by atoms with Gasteiger partial charge in [0.05, 0.1) is 31.9 Å². The average Bonchev–Trinajstić information content (AvgIpc) is 3.20. The van der Waals surface area contributed by atoms with Crippen LogP contribution in [0.25, 0.3) is 10.6 Å². The number of esters is 1. The summed E-state index contributed by atoms with van der Waals surface area (Å²) in [6, 6.07) is 8.58. The highest BCUT2D eigenvalue weighted by Gasteiger charge is 2.17. The van der Waals surface area contributed by atoms with E-state index in [4.69, 9.17) is 14.2 Å². The largest absolute Gasteiger partial charge is 0.497 e. The summed E-state index contributed by atoms with van der Waals surface area (Å²) in [5.41, 5.74) is 1.76. The summed E-state index contributed by atoms with van der Waals surface area (Å²) in [5, 5.41) is 2.56. The fourth-order valence-corrected chi connectivity index (χ4v) is 3.28. The minimum atomic E-state index is -0.529. The summed E-state index contributed by atoms with van der Waals surface area (Å²) in [5.74, 6) is 0.0000184. The van der Waals surface area contributed by atoms with Crippen LogP contribution in [0.3, 0.4) is 0 Å². The van der Waals surface area contributed by atoms with Crippen LogP contribution in [-0.4, -0.2) is 42.5 Å². The van der Waals surface area contributed by atoms with E-state index >= 15 is 0 Å². The van der Waals surface area contributed by atoms with Crippen molar-refractivity contribution in [2.24, 2.45) is 0 Å². The fourth-order valence-electron chi connectivity index (χ4n) is 2.46. The lowest BCUT2D eigenvalue weighted by Crippen LogP contribution is -2.16. The molecule has 0 radical (unpaired) electrons. The SMILES string of the molecule is COc1ccc(OC)c(C(=O)COC(=O)Cc2csc(-c3cccnc3)n2)c1. The number of rotatable bonds is 8. The summed E-state index contributed by atoms with van der Waals surface area (Å²) >= 11 is 1.42. The molecular weight excluding hydrogens is 380 g/mol. The Hall–Kier alpha value is -3.26. The van der Waals surface area contributed by atoms with E-state index < -0.39 is 5.97 Å². The first kappa shape index (κ1) is 19.5. The van der Waals surface area contributed by atoms with Crippen LogP contribution in [0.2, 0.25) is 0 Å². The number of ketones is 1. The molecule has 3 aromatic rings. The summed E-state index contributed by atoms with van der Waals surface area (Å²) in [4.78, 5) is 33.0. The van der Waals surface area contributed by atoms with Gasteiger partial charge in [0, 0.05) is 23.3 Å². The van der Waals surface area contributed by atoms with Gasteiger partial charge in [-0.05, 0) is 30.3 Å². The highest BCUT2D eigenvalue weighted by Crippen LogP contribution is 2.25. The van der Waals surface area contributed by atoms with Crippen molar-refractivity contribution < 1.29 is 23.8 Å². The number of carbonyl (C=O) groups is 2. The first-order chi connectivity index (χ1) is 13.6. The predicted molar refractivity (Wildman–Crippen MR) is 104 cm³/mol. The third-order valence-electron chi connectivity index (χ3n) is 3.86. The van der Waals surface area contributed by atoms with Crippen molar-refractivity contribution >= 4 is 23.1 Å². The standard InChI is InChI=1S/C20H18N2O5S/c1-25-15-5-6-18(26-2)16(9-15)17(23)11-27-19(24)8-14-12-28-20(22-14)13-4-3-7-21-10-13/h3-7,9-10,12H,8,11H2,1-2H3. The van der Waals surface area contributed by atoms with Gasteiger partial charge < -0.3 is 14.2 Å². The molecule has 2 aromatic heterocycles. The molecule has 8 heteroatoms. The van der Waals surface area contributed by atoms with Crippen molar-refractivity contribution in [3.05, 3.63) is 59.4 Å². The van der Waals surface area contributed by atoms with Crippen molar-refractivity contribution in [1.29, 1.82) is 0 Å². The van der Waals surface area contributed by atoms with Crippen LogP contribution in [0, 0.1) is 0 Å². The van der Waals surface area contributed by atoms with Crippen LogP contribution in [-0.2, 0) is 16.0 Å². The lowest BCUT2D eigenvalue weighted by molar-refractivity contribution is -0.141. The second-order valence-corrected chi connectivity index (χ2v) is 6.57. The maximum Gasteiger partial charge on any atom is 0.312 e. The topological polar surface area (TPSA) is 87.6 Å². The van der Waals surface area contributed by atoms with Gasteiger partial charge in [0.15, 0.2) is 6.61 Å². The number of hydrogen-bond donors (Lipinski definition) is 0. The molecule has 0 atom stereocenters. The van der Waals surface area contributed by atoms with E-state index in [1.54, 1.807) is 36.0 Å². The third-order valence-corrected chi connectivity index (χ3v) is 4.80. The van der Waals surface area contributed by atoms with E-state index in [-0.39, 0.29) is 18.8 Å². The molecule has 0 aliphatic rings. The number of hydrogen-bond acceptors (Lipinski definition) is 8. The number of carbonyl (C=O) groups excluding carboxylic acids is 2. The van der Waals surface area contributed by atoms with E-state index in [1.807, 2.05) is 12.1 Å². The highest BCUT2D eigenvalue weighted by atomic mass is 32.1. The van der Waals surface area contributed by atoms with Gasteiger partial charge in [0.2, 0.25) is 5.78 Å². The van der Waals surface area contributed by atoms with Crippen LogP contribution in [0.5, 0.6) is 11.5 Å². The molecule has 7 nitrogen and oxygen atoms in total. The van der Waals surface area contributed by atoms with Crippen molar-refractivity contribution in [1.82, 2.24) is 9.97 Å². The molecule has 28 heavy (non-hydrogen) atoms. The minimum Gasteiger partial charge on any atom is -0.497 e. The summed E-state index contributed by atoms with van der Waals surface area (Å²) in [7, 11) is 2.97. The molecular formula is C20H18N2O5S. The molecule has 3 rings (SSSR count). The Morgan fingerprint density at radius 3 is 2.71 bits per heavy atom. The number of pyridine rings is 1. The maximum atomic E-state index is 12.4. The van der Waals surface area contributed by atoms with Crippen molar-refractivity contribution in [3.8, 4) is 22.1 Å². The normalized spacial score (nSPS) is 10.4. The zero-order valence-corrected chi connectivity index (χ0v) is 16.2. The molecule has 0 aliphatic carbocycles. The number of benzene rings is 1. The summed E-state index contributed by atoms with van der Waals surface area (Å²) in [6.07, 6.45) is 3.38. The van der Waals surface area contributed by atoms with Gasteiger partial charge in [-0.2, -0.15) is 0 Å². The van der Waals surface area contributed by atoms with Gasteiger partial charge in [0.25, 0.3) is 0 Å². The molecule has 0 unspecified atom stereocenters. The fraction of sp³-hybridized carbons (Fsp3) is 0.200. The van der Waals surface area contributed by atoms with Crippen molar-refractivity contribution in [2.75, 3.05) is 20.8 Å². The lowest BCUT2D eigenvalue weighted by atomic mass is 10.1. The quantitative estimate of drug-likeness (QED) is 0.425. The molecule has 0 amide bonds. The van der Waals surface area contributed by atoms with Gasteiger partial charge in [-0.1, -0.05) is 0 Å². The van der Waals surface area contributed by atoms with Crippen LogP contribution in [0.4, 0.5) is 0 Å². The molecule has 0 saturated heterocycles. The number of Topliss-reactive ketones (excluding diaryl/α,β-unsaturated/α-hetero) is 1. The monoisotopic (exact) mass is 398 g/mol. The first-order valence-electron chi connectivity index (χ1n) is 8.36. The smallest absolute Gasteiger partial charge is 0.312 e. The number of nitrogens with zero attached hydrogens (tertiary/aromatic N) is 2. The molecule has 144 valence electrons. The van der Waals surface area contributed by atoms with Crippen LogP contribution in [0.15, 0.2) is 48.1 Å². The van der Waals surface area contributed by atoms with Crippen LogP contribution >= 0.6 is 11.3 Å². The third kappa shape index (κ3) is 4.72. The Morgan fingerprint density at radius 2 is 2.00 bits per heavy atom. The van der Waals surface area contributed by atoms with Gasteiger partial charge in [-0.25, -0.2) is 4.98 Å². The molecule has 0 fully saturated rings. The van der Waals surface area contributed by atoms with Crippen molar-refractivity contribution in [2.45, 2.75) is 6.42 Å². The molecule has 0 saturated carbocycles. The second kappa shape index (κ2) is 9.09. The number of thiazole rings is 1. The predicted octanol–water partition coefficient (Wildman–Crippen LogP) is 3.19. The average molecular weight is 398 g/mol. The summed E-state index contributed by atoms with van der Waals surface area (Å²) < 4.78 is 15.4. The number of ether oxygens (including phenoxy) is 3. The number of methoxy groups -OCH3 is 2. The van der Waals surface area contributed by atoms with E-state index in [0.29, 0.717) is 22.8 Å². The second-order valence-electron chi connectivity index (χ2n) is 5.71. The zero-order valence-electron chi connectivity index (χ0n) is 15.4. The van der Waals surface area contributed by atoms with Gasteiger partial charge in [-0.15, -0.1) is 11.3 Å². The van der Waals surface area contributed by atoms with Crippen molar-refractivity contribution in [3.63, 3.8) is 0 Å². The molecule has 1 aromatic carbocycles. The Labute approximate surface area is 165 Å². The lowest BCUT2D eigenvalue weighted by Gasteiger charge is -2.10. The zero-order chi connectivity index (χ0) is 19.9. The van der Waals surface area contributed by atoms with E-state index in [0.717, 1.165) is 10.6 Å². The number of aromatic nitrogens is 2. The molecule has 0 spiro atoms. The minimum absolute atomic E-state index is 0.0146. The van der Waals surface area contributed by atoms with Gasteiger partial charge >= 0.3 is 5.97 Å². The Morgan fingerprint density at radius 1 is 1.14 bits per heavy atom. The van der Waals surface area contributed by atoms with Crippen LogP contribution < -0.4 is 9.47 Å². The Bertz CT molecular complexity index is 972. The molecule has 0 bridgehead atoms. The Balaban J connectivity index is 1.59. The van der Waals surface area contributed by atoms with E-state index in [2.05, 4.69) is 9.97 Å².